The Kier molecular flexibility index (Phi) is 8.26. The molecule has 2 saturated carbocycles. The van der Waals surface area contributed by atoms with Gasteiger partial charge < -0.3 is 20.0 Å². The second-order valence-electron chi connectivity index (χ2n) is 13.2. The summed E-state index contributed by atoms with van der Waals surface area (Å²) in [5.41, 5.74) is 2.16. The number of urea groups is 1. The van der Waals surface area contributed by atoms with Gasteiger partial charge in [-0.15, -0.1) is 0 Å². The fourth-order valence-corrected chi connectivity index (χ4v) is 7.30. The van der Waals surface area contributed by atoms with E-state index in [2.05, 4.69) is 46.9 Å². The molecule has 2 aliphatic carbocycles. The number of nitriles is 1. The number of halogens is 1. The second kappa shape index (κ2) is 11.9. The van der Waals surface area contributed by atoms with Crippen LogP contribution in [0.5, 0.6) is 0 Å². The van der Waals surface area contributed by atoms with Gasteiger partial charge in [0.15, 0.2) is 0 Å². The van der Waals surface area contributed by atoms with Crippen molar-refractivity contribution >= 4 is 34.8 Å². The van der Waals surface area contributed by atoms with Crippen LogP contribution in [0.4, 0.5) is 22.0 Å². The molecule has 0 unspecified atom stereocenters. The highest BCUT2D eigenvalue weighted by Gasteiger charge is 2.54. The van der Waals surface area contributed by atoms with Gasteiger partial charge in [0.1, 0.15) is 11.9 Å². The molecule has 224 valence electrons. The number of carbonyl (C=O) groups excluding carboxylic acids is 1. The third-order valence-electron chi connectivity index (χ3n) is 10.1. The van der Waals surface area contributed by atoms with Crippen molar-refractivity contribution in [1.82, 2.24) is 14.8 Å². The number of anilines is 3. The van der Waals surface area contributed by atoms with Crippen LogP contribution in [-0.4, -0.2) is 77.2 Å². The Morgan fingerprint density at radius 2 is 1.95 bits per heavy atom. The van der Waals surface area contributed by atoms with Crippen LogP contribution >= 0.6 is 11.6 Å². The van der Waals surface area contributed by atoms with Crippen molar-refractivity contribution in [3.63, 3.8) is 0 Å². The zero-order chi connectivity index (χ0) is 29.4. The van der Waals surface area contributed by atoms with Crippen LogP contribution in [0.25, 0.3) is 0 Å². The standard InChI is InChI=1S/C33H44ClN7O/c1-23(2)39(28-5-4-6-28)21-25-11-15-38(16-12-25)31-10-8-27(19-36-31)37-32(42)40-22-33(13-14-33)41(20-24(40)3)29-9-7-26(18-35)30(34)17-29/h7-10,17,19,23-25,28H,4-6,11-16,20-22H2,1-3H3,(H,37,42)/t24-/m1/s1. The van der Waals surface area contributed by atoms with Gasteiger partial charge in [0, 0.05) is 56.5 Å². The minimum absolute atomic E-state index is 0.0232. The third-order valence-corrected chi connectivity index (χ3v) is 10.4. The number of amides is 2. The normalized spacial score (nSPS) is 22.4. The lowest BCUT2D eigenvalue weighted by molar-refractivity contribution is 0.0712. The highest BCUT2D eigenvalue weighted by atomic mass is 35.5. The quantitative estimate of drug-likeness (QED) is 0.405. The van der Waals surface area contributed by atoms with Crippen molar-refractivity contribution < 1.29 is 4.79 Å². The molecule has 0 radical (unpaired) electrons. The maximum Gasteiger partial charge on any atom is 0.322 e. The van der Waals surface area contributed by atoms with Crippen molar-refractivity contribution in [3.05, 3.63) is 47.1 Å². The Balaban J connectivity index is 1.02. The molecule has 1 N–H and O–H groups in total. The molecule has 2 saturated heterocycles. The van der Waals surface area contributed by atoms with Crippen LogP contribution < -0.4 is 15.1 Å². The topological polar surface area (TPSA) is 78.7 Å². The first kappa shape index (κ1) is 29.1. The summed E-state index contributed by atoms with van der Waals surface area (Å²) in [5.74, 6) is 1.75. The van der Waals surface area contributed by atoms with Crippen LogP contribution in [0.1, 0.15) is 71.3 Å². The third kappa shape index (κ3) is 5.91. The molecule has 9 heteroatoms. The largest absolute Gasteiger partial charge is 0.362 e. The number of piperazine rings is 1. The van der Waals surface area contributed by atoms with E-state index in [-0.39, 0.29) is 17.6 Å². The van der Waals surface area contributed by atoms with Crippen molar-refractivity contribution in [2.45, 2.75) is 89.4 Å². The molecule has 4 fully saturated rings. The van der Waals surface area contributed by atoms with Gasteiger partial charge in [0.05, 0.1) is 28.0 Å². The number of aromatic nitrogens is 1. The summed E-state index contributed by atoms with van der Waals surface area (Å²) in [5, 5.41) is 12.8. The number of hydrogen-bond donors (Lipinski definition) is 1. The van der Waals surface area contributed by atoms with Gasteiger partial charge in [-0.25, -0.2) is 9.78 Å². The predicted octanol–water partition coefficient (Wildman–Crippen LogP) is 6.36. The molecule has 6 rings (SSSR count). The molecule has 3 heterocycles. The first-order valence-electron chi connectivity index (χ1n) is 15.8. The molecular formula is C33H44ClN7O. The number of rotatable bonds is 7. The maximum atomic E-state index is 13.4. The van der Waals surface area contributed by atoms with E-state index in [1.807, 2.05) is 29.2 Å². The van der Waals surface area contributed by atoms with E-state index in [4.69, 9.17) is 16.6 Å². The van der Waals surface area contributed by atoms with E-state index in [0.717, 1.165) is 61.6 Å². The molecule has 1 aromatic heterocycles. The van der Waals surface area contributed by atoms with Gasteiger partial charge in [-0.05, 0) is 95.5 Å². The molecule has 8 nitrogen and oxygen atoms in total. The smallest absolute Gasteiger partial charge is 0.322 e. The molecule has 1 aromatic carbocycles. The number of piperidine rings is 1. The minimum Gasteiger partial charge on any atom is -0.362 e. The Morgan fingerprint density at radius 1 is 1.19 bits per heavy atom. The van der Waals surface area contributed by atoms with Gasteiger partial charge in [0.2, 0.25) is 0 Å². The lowest BCUT2D eigenvalue weighted by Gasteiger charge is -2.47. The number of benzene rings is 1. The van der Waals surface area contributed by atoms with E-state index in [0.29, 0.717) is 23.2 Å². The van der Waals surface area contributed by atoms with Crippen molar-refractivity contribution in [3.8, 4) is 6.07 Å². The van der Waals surface area contributed by atoms with E-state index >= 15 is 0 Å². The van der Waals surface area contributed by atoms with E-state index in [9.17, 15) is 10.1 Å². The van der Waals surface area contributed by atoms with Crippen molar-refractivity contribution in [2.75, 3.05) is 47.8 Å². The van der Waals surface area contributed by atoms with Gasteiger partial charge in [-0.1, -0.05) is 18.0 Å². The first-order valence-corrected chi connectivity index (χ1v) is 16.2. The van der Waals surface area contributed by atoms with E-state index < -0.39 is 0 Å². The van der Waals surface area contributed by atoms with Gasteiger partial charge in [0.25, 0.3) is 0 Å². The van der Waals surface area contributed by atoms with Crippen LogP contribution in [-0.2, 0) is 0 Å². The Labute approximate surface area is 255 Å². The summed E-state index contributed by atoms with van der Waals surface area (Å²) in [6.45, 7) is 11.5. The Hall–Kier alpha value is -3.02. The number of pyridine rings is 1. The van der Waals surface area contributed by atoms with Gasteiger partial charge in [-0.2, -0.15) is 5.26 Å². The maximum absolute atomic E-state index is 13.4. The summed E-state index contributed by atoms with van der Waals surface area (Å²) in [7, 11) is 0. The summed E-state index contributed by atoms with van der Waals surface area (Å²) in [4.78, 5) is 27.6. The molecule has 2 amide bonds. The molecule has 4 aliphatic rings. The summed E-state index contributed by atoms with van der Waals surface area (Å²) in [6.07, 6.45) is 10.4. The SMILES string of the molecule is CC(C)N(CC1CCN(c2ccc(NC(=O)N3CC4(CC4)N(c4ccc(C#N)c(Cl)c4)C[C@H]3C)cn2)CC1)C1CCC1. The van der Waals surface area contributed by atoms with Gasteiger partial charge in [-0.3, -0.25) is 4.90 Å². The summed E-state index contributed by atoms with van der Waals surface area (Å²) < 4.78 is 0. The first-order chi connectivity index (χ1) is 20.3. The minimum atomic E-state index is -0.0807. The number of nitrogens with zero attached hydrogens (tertiary/aromatic N) is 6. The molecule has 0 bridgehead atoms. The number of hydrogen-bond acceptors (Lipinski definition) is 6. The molecule has 42 heavy (non-hydrogen) atoms. The van der Waals surface area contributed by atoms with E-state index in [1.165, 1.54) is 38.6 Å². The highest BCUT2D eigenvalue weighted by molar-refractivity contribution is 6.32. The number of carbonyl (C=O) groups is 1. The predicted molar refractivity (Wildman–Crippen MR) is 169 cm³/mol. The van der Waals surface area contributed by atoms with Crippen LogP contribution in [0, 0.1) is 17.2 Å². The molecule has 2 aromatic rings. The zero-order valence-corrected chi connectivity index (χ0v) is 26.0. The summed E-state index contributed by atoms with van der Waals surface area (Å²) >= 11 is 6.35. The lowest BCUT2D eigenvalue weighted by atomic mass is 9.88. The molecule has 2 aliphatic heterocycles. The number of nitrogens with one attached hydrogen (secondary N) is 1. The Bertz CT molecular complexity index is 1310. The van der Waals surface area contributed by atoms with Crippen molar-refractivity contribution in [2.24, 2.45) is 5.92 Å². The highest BCUT2D eigenvalue weighted by Crippen LogP contribution is 2.48. The molecule has 1 spiro atoms. The summed E-state index contributed by atoms with van der Waals surface area (Å²) in [6, 6.07) is 13.2. The average Bonchev–Trinajstić information content (AvgIpc) is 3.73. The van der Waals surface area contributed by atoms with Crippen LogP contribution in [0.3, 0.4) is 0 Å². The van der Waals surface area contributed by atoms with Crippen LogP contribution in [0.2, 0.25) is 5.02 Å². The average molecular weight is 590 g/mol. The molecular weight excluding hydrogens is 546 g/mol. The Morgan fingerprint density at radius 3 is 2.52 bits per heavy atom. The van der Waals surface area contributed by atoms with Crippen molar-refractivity contribution in [1.29, 1.82) is 5.26 Å². The second-order valence-corrected chi connectivity index (χ2v) is 13.6. The zero-order valence-electron chi connectivity index (χ0n) is 25.2. The van der Waals surface area contributed by atoms with Gasteiger partial charge >= 0.3 is 6.03 Å². The van der Waals surface area contributed by atoms with E-state index in [1.54, 1.807) is 12.3 Å². The molecule has 1 atom stereocenters. The monoisotopic (exact) mass is 589 g/mol. The fraction of sp³-hybridized carbons (Fsp3) is 0.606. The van der Waals surface area contributed by atoms with Crippen LogP contribution in [0.15, 0.2) is 36.5 Å². The lowest BCUT2D eigenvalue weighted by Crippen LogP contribution is -2.61. The fourth-order valence-electron chi connectivity index (χ4n) is 7.09.